The molecule has 0 fully saturated rings. The number of halogens is 4. The third-order valence-electron chi connectivity index (χ3n) is 1.23. The van der Waals surface area contributed by atoms with Gasteiger partial charge in [0, 0.05) is 17.8 Å². The lowest BCUT2D eigenvalue weighted by atomic mass is 10.3. The zero-order valence-corrected chi connectivity index (χ0v) is 6.83. The van der Waals surface area contributed by atoms with Crippen molar-refractivity contribution in [3.8, 4) is 0 Å². The molecule has 1 N–H and O–H groups in total. The van der Waals surface area contributed by atoms with Gasteiger partial charge in [0.25, 0.3) is 0 Å². The van der Waals surface area contributed by atoms with Crippen molar-refractivity contribution in [2.75, 3.05) is 5.32 Å². The normalized spacial score (nSPS) is 9.85. The first-order valence-corrected chi connectivity index (χ1v) is 3.49. The average Bonchev–Trinajstić information content (AvgIpc) is 1.98. The van der Waals surface area contributed by atoms with Gasteiger partial charge < -0.3 is 5.32 Å². The van der Waals surface area contributed by atoms with Crippen molar-refractivity contribution in [1.29, 1.82) is 0 Å². The van der Waals surface area contributed by atoms with Crippen molar-refractivity contribution >= 4 is 22.7 Å². The van der Waals surface area contributed by atoms with E-state index in [4.69, 9.17) is 11.6 Å². The minimum atomic E-state index is -1.59. The quantitative estimate of drug-likeness (QED) is 0.430. The Bertz CT molecular complexity index is 333. The molecule has 0 aliphatic heterocycles. The van der Waals surface area contributed by atoms with Crippen LogP contribution in [0.4, 0.5) is 23.7 Å². The molecular weight excluding hydrogens is 207 g/mol. The molecule has 0 spiro atoms. The fraction of sp³-hybridized carbons (Fsp3) is 0. The van der Waals surface area contributed by atoms with Gasteiger partial charge in [-0.1, -0.05) is 0 Å². The highest BCUT2D eigenvalue weighted by atomic mass is 35.5. The van der Waals surface area contributed by atoms with E-state index >= 15 is 0 Å². The molecule has 0 aliphatic carbocycles. The first-order chi connectivity index (χ1) is 6.00. The molecule has 13 heavy (non-hydrogen) atoms. The maximum absolute atomic E-state index is 12.5. The maximum atomic E-state index is 12.5. The Labute approximate surface area is 76.3 Å². The van der Waals surface area contributed by atoms with E-state index in [-0.39, 0.29) is 5.69 Å². The summed E-state index contributed by atoms with van der Waals surface area (Å²) in [5.74, 6) is -4.37. The number of rotatable bonds is 1. The molecule has 0 saturated carbocycles. The summed E-state index contributed by atoms with van der Waals surface area (Å²) >= 11 is 4.87. The number of carbonyl (C=O) groups excluding carboxylic acids is 1. The molecule has 1 rings (SSSR count). The van der Waals surface area contributed by atoms with Crippen molar-refractivity contribution in [3.63, 3.8) is 0 Å². The van der Waals surface area contributed by atoms with Crippen molar-refractivity contribution in [1.82, 2.24) is 0 Å². The molecule has 0 radical (unpaired) electrons. The molecule has 70 valence electrons. The summed E-state index contributed by atoms with van der Waals surface area (Å²) in [7, 11) is 0. The molecule has 1 amide bonds. The highest BCUT2D eigenvalue weighted by Gasteiger charge is 2.10. The van der Waals surface area contributed by atoms with Crippen molar-refractivity contribution in [3.05, 3.63) is 29.6 Å². The van der Waals surface area contributed by atoms with Gasteiger partial charge in [-0.05, 0) is 11.6 Å². The van der Waals surface area contributed by atoms with Gasteiger partial charge in [0.1, 0.15) is 0 Å². The third-order valence-corrected chi connectivity index (χ3v) is 1.32. The van der Waals surface area contributed by atoms with E-state index in [2.05, 4.69) is 0 Å². The van der Waals surface area contributed by atoms with Crippen molar-refractivity contribution in [2.45, 2.75) is 0 Å². The Morgan fingerprint density at radius 2 is 1.69 bits per heavy atom. The molecule has 0 atom stereocenters. The van der Waals surface area contributed by atoms with E-state index < -0.39 is 22.8 Å². The van der Waals surface area contributed by atoms with E-state index in [0.29, 0.717) is 12.1 Å². The molecule has 0 bridgehead atoms. The molecule has 2 nitrogen and oxygen atoms in total. The average molecular weight is 210 g/mol. The monoisotopic (exact) mass is 209 g/mol. The molecule has 0 heterocycles. The predicted molar refractivity (Wildman–Crippen MR) is 41.2 cm³/mol. The second kappa shape index (κ2) is 3.66. The second-order valence-corrected chi connectivity index (χ2v) is 2.50. The van der Waals surface area contributed by atoms with Gasteiger partial charge >= 0.3 is 5.37 Å². The van der Waals surface area contributed by atoms with Crippen LogP contribution in [-0.4, -0.2) is 5.37 Å². The smallest absolute Gasteiger partial charge is 0.312 e. The summed E-state index contributed by atoms with van der Waals surface area (Å²) in [5.41, 5.74) is -0.239. The zero-order chi connectivity index (χ0) is 10.0. The number of benzene rings is 1. The van der Waals surface area contributed by atoms with Gasteiger partial charge in [0.05, 0.1) is 0 Å². The first-order valence-electron chi connectivity index (χ1n) is 3.11. The first kappa shape index (κ1) is 9.85. The van der Waals surface area contributed by atoms with Crippen LogP contribution in [0.15, 0.2) is 12.1 Å². The third kappa shape index (κ3) is 2.35. The molecule has 6 heteroatoms. The Kier molecular flexibility index (Phi) is 2.77. The van der Waals surface area contributed by atoms with Crippen LogP contribution in [0.1, 0.15) is 0 Å². The Balaban J connectivity index is 3.06. The van der Waals surface area contributed by atoms with E-state index in [1.807, 2.05) is 5.32 Å². The van der Waals surface area contributed by atoms with Crippen LogP contribution >= 0.6 is 11.6 Å². The lowest BCUT2D eigenvalue weighted by Gasteiger charge is -2.01. The summed E-state index contributed by atoms with van der Waals surface area (Å²) in [6, 6.07) is 1.25. The minimum Gasteiger partial charge on any atom is -0.312 e. The summed E-state index contributed by atoms with van der Waals surface area (Å²) in [6.45, 7) is 0. The summed E-state index contributed by atoms with van der Waals surface area (Å²) in [6.07, 6.45) is 0. The van der Waals surface area contributed by atoms with Crippen LogP contribution in [0.3, 0.4) is 0 Å². The zero-order valence-electron chi connectivity index (χ0n) is 6.07. The van der Waals surface area contributed by atoms with Crippen LogP contribution in [0.2, 0.25) is 0 Å². The van der Waals surface area contributed by atoms with Gasteiger partial charge in [-0.2, -0.15) is 0 Å². The van der Waals surface area contributed by atoms with E-state index in [9.17, 15) is 18.0 Å². The molecule has 0 aromatic heterocycles. The molecule has 0 aliphatic rings. The molecule has 0 saturated heterocycles. The van der Waals surface area contributed by atoms with E-state index in [1.165, 1.54) is 0 Å². The van der Waals surface area contributed by atoms with Gasteiger partial charge in [-0.25, -0.2) is 13.2 Å². The molecular formula is C7H3ClF3NO. The number of hydrogen-bond acceptors (Lipinski definition) is 1. The number of carbonyl (C=O) groups is 1. The Hall–Kier alpha value is -1.23. The highest BCUT2D eigenvalue weighted by molar-refractivity contribution is 6.65. The van der Waals surface area contributed by atoms with Crippen LogP contribution in [-0.2, 0) is 0 Å². The SMILES string of the molecule is O=C(Cl)Nc1cc(F)c(F)c(F)c1. The van der Waals surface area contributed by atoms with Gasteiger partial charge in [0.15, 0.2) is 17.5 Å². The fourth-order valence-electron chi connectivity index (χ4n) is 0.741. The van der Waals surface area contributed by atoms with Crippen LogP contribution in [0, 0.1) is 17.5 Å². The topological polar surface area (TPSA) is 29.1 Å². The standard InChI is InChI=1S/C7H3ClF3NO/c8-7(13)12-3-1-4(9)6(11)5(10)2-3/h1-2H,(H,12,13). The largest absolute Gasteiger partial charge is 0.318 e. The lowest BCUT2D eigenvalue weighted by Crippen LogP contribution is -2.03. The van der Waals surface area contributed by atoms with Crippen LogP contribution in [0.5, 0.6) is 0 Å². The predicted octanol–water partition coefficient (Wildman–Crippen LogP) is 2.87. The van der Waals surface area contributed by atoms with Gasteiger partial charge in [0.2, 0.25) is 0 Å². The summed E-state index contributed by atoms with van der Waals surface area (Å²) in [5, 5.41) is 0.885. The van der Waals surface area contributed by atoms with Gasteiger partial charge in [-0.15, -0.1) is 0 Å². The fourth-order valence-corrected chi connectivity index (χ4v) is 0.850. The lowest BCUT2D eigenvalue weighted by molar-refractivity contribution is 0.269. The molecule has 0 unspecified atom stereocenters. The van der Waals surface area contributed by atoms with E-state index in [0.717, 1.165) is 0 Å². The highest BCUT2D eigenvalue weighted by Crippen LogP contribution is 2.17. The Morgan fingerprint density at radius 3 is 2.08 bits per heavy atom. The summed E-state index contributed by atoms with van der Waals surface area (Å²) < 4.78 is 37.3. The number of anilines is 1. The van der Waals surface area contributed by atoms with Crippen LogP contribution in [0.25, 0.3) is 0 Å². The number of amides is 1. The Morgan fingerprint density at radius 1 is 1.23 bits per heavy atom. The minimum absolute atomic E-state index is 0.239. The van der Waals surface area contributed by atoms with Crippen LogP contribution < -0.4 is 5.32 Å². The van der Waals surface area contributed by atoms with Gasteiger partial charge in [-0.3, -0.25) is 4.79 Å². The number of nitrogens with one attached hydrogen (secondary N) is 1. The number of hydrogen-bond donors (Lipinski definition) is 1. The molecule has 1 aromatic carbocycles. The molecule has 1 aromatic rings. The van der Waals surface area contributed by atoms with Crippen molar-refractivity contribution < 1.29 is 18.0 Å². The summed E-state index contributed by atoms with van der Waals surface area (Å²) in [4.78, 5) is 10.2. The van der Waals surface area contributed by atoms with Crippen molar-refractivity contribution in [2.24, 2.45) is 0 Å². The maximum Gasteiger partial charge on any atom is 0.318 e. The van der Waals surface area contributed by atoms with E-state index in [1.54, 1.807) is 0 Å². The second-order valence-electron chi connectivity index (χ2n) is 2.15.